The molecule has 0 unspecified atom stereocenters. The number of nitrogens with zero attached hydrogens (tertiary/aromatic N) is 4. The van der Waals surface area contributed by atoms with Crippen LogP contribution in [0.4, 0.5) is 4.39 Å². The number of rotatable bonds is 5. The van der Waals surface area contributed by atoms with Crippen LogP contribution in [0.5, 0.6) is 0 Å². The molecule has 2 aromatic heterocycles. The van der Waals surface area contributed by atoms with E-state index in [0.717, 1.165) is 12.6 Å². The minimum atomic E-state index is -0.696. The second kappa shape index (κ2) is 6.79. The third kappa shape index (κ3) is 3.28. The lowest BCUT2D eigenvalue weighted by atomic mass is 10.2. The van der Waals surface area contributed by atoms with Gasteiger partial charge in [0.2, 0.25) is 11.7 Å². The van der Waals surface area contributed by atoms with Gasteiger partial charge in [-0.3, -0.25) is 9.48 Å². The van der Waals surface area contributed by atoms with Crippen molar-refractivity contribution < 1.29 is 13.7 Å². The minimum Gasteiger partial charge on any atom is -0.343 e. The van der Waals surface area contributed by atoms with Crippen molar-refractivity contribution in [2.75, 3.05) is 0 Å². The highest BCUT2D eigenvalue weighted by Gasteiger charge is 2.17. The normalized spacial score (nSPS) is 10.8. The number of carbonyl (C=O) groups is 1. The van der Waals surface area contributed by atoms with Crippen molar-refractivity contribution in [3.8, 4) is 11.4 Å². The number of aryl methyl sites for hydroxylation is 1. The highest BCUT2D eigenvalue weighted by molar-refractivity contribution is 6.33. The lowest BCUT2D eigenvalue weighted by Crippen LogP contribution is -2.24. The van der Waals surface area contributed by atoms with E-state index in [9.17, 15) is 9.18 Å². The second-order valence-electron chi connectivity index (χ2n) is 4.88. The molecule has 3 aromatic rings. The van der Waals surface area contributed by atoms with Gasteiger partial charge in [0.25, 0.3) is 5.91 Å². The summed E-state index contributed by atoms with van der Waals surface area (Å²) in [5.41, 5.74) is 0.485. The number of hydrogen-bond acceptors (Lipinski definition) is 5. The Kier molecular flexibility index (Phi) is 4.57. The van der Waals surface area contributed by atoms with Crippen LogP contribution in [0.3, 0.4) is 0 Å². The van der Waals surface area contributed by atoms with E-state index in [2.05, 4.69) is 20.6 Å². The number of aromatic nitrogens is 4. The number of benzene rings is 1. The van der Waals surface area contributed by atoms with Gasteiger partial charge in [-0.1, -0.05) is 22.8 Å². The highest BCUT2D eigenvalue weighted by Crippen LogP contribution is 2.19. The van der Waals surface area contributed by atoms with Crippen molar-refractivity contribution in [1.29, 1.82) is 0 Å². The van der Waals surface area contributed by atoms with Crippen LogP contribution in [0.1, 0.15) is 23.2 Å². The molecule has 1 aromatic carbocycles. The molecular formula is C15H13ClFN5O2. The first-order valence-corrected chi connectivity index (χ1v) is 7.54. The van der Waals surface area contributed by atoms with Gasteiger partial charge < -0.3 is 9.84 Å². The molecule has 0 saturated heterocycles. The van der Waals surface area contributed by atoms with Gasteiger partial charge in [0.1, 0.15) is 5.82 Å². The summed E-state index contributed by atoms with van der Waals surface area (Å²) in [5.74, 6) is -0.798. The van der Waals surface area contributed by atoms with Crippen LogP contribution in [0.25, 0.3) is 11.4 Å². The lowest BCUT2D eigenvalue weighted by Gasteiger charge is -2.05. The first kappa shape index (κ1) is 16.1. The fourth-order valence-electron chi connectivity index (χ4n) is 2.05. The number of carbonyl (C=O) groups excluding carboxylic acids is 1. The Morgan fingerprint density at radius 2 is 2.29 bits per heavy atom. The standard InChI is InChI=1S/C15H13ClFN5O2/c1-2-22-8-9(6-19-22)14-20-12(24-21-14)7-18-15(23)13-10(16)4-3-5-11(13)17/h3-6,8H,2,7H2,1H3,(H,18,23). The first-order chi connectivity index (χ1) is 11.6. The second-order valence-corrected chi connectivity index (χ2v) is 5.28. The lowest BCUT2D eigenvalue weighted by molar-refractivity contribution is 0.0942. The molecule has 1 N–H and O–H groups in total. The Morgan fingerprint density at radius 1 is 1.46 bits per heavy atom. The molecule has 0 aliphatic carbocycles. The fourth-order valence-corrected chi connectivity index (χ4v) is 2.30. The van der Waals surface area contributed by atoms with Crippen molar-refractivity contribution in [2.24, 2.45) is 0 Å². The zero-order valence-corrected chi connectivity index (χ0v) is 13.4. The number of halogens is 2. The van der Waals surface area contributed by atoms with Crippen LogP contribution in [-0.2, 0) is 13.1 Å². The van der Waals surface area contributed by atoms with Crippen LogP contribution in [0.15, 0.2) is 35.1 Å². The minimum absolute atomic E-state index is 0.0331. The van der Waals surface area contributed by atoms with Gasteiger partial charge in [-0.2, -0.15) is 10.1 Å². The van der Waals surface area contributed by atoms with Gasteiger partial charge in [0, 0.05) is 12.7 Å². The molecule has 0 aliphatic rings. The van der Waals surface area contributed by atoms with E-state index in [-0.39, 0.29) is 23.0 Å². The van der Waals surface area contributed by atoms with E-state index in [0.29, 0.717) is 11.4 Å². The molecule has 24 heavy (non-hydrogen) atoms. The summed E-state index contributed by atoms with van der Waals surface area (Å²) in [5, 5.41) is 10.5. The van der Waals surface area contributed by atoms with Crippen LogP contribution in [0, 0.1) is 5.82 Å². The summed E-state index contributed by atoms with van der Waals surface area (Å²) in [7, 11) is 0. The molecule has 0 bridgehead atoms. The van der Waals surface area contributed by atoms with Gasteiger partial charge >= 0.3 is 0 Å². The predicted octanol–water partition coefficient (Wildman–Crippen LogP) is 2.68. The maximum absolute atomic E-state index is 13.7. The molecule has 3 rings (SSSR count). The van der Waals surface area contributed by atoms with Gasteiger partial charge in [-0.15, -0.1) is 0 Å². The van der Waals surface area contributed by atoms with Gasteiger partial charge in [-0.25, -0.2) is 4.39 Å². The van der Waals surface area contributed by atoms with E-state index in [1.165, 1.54) is 12.1 Å². The summed E-state index contributed by atoms with van der Waals surface area (Å²) in [6.45, 7) is 2.64. The van der Waals surface area contributed by atoms with E-state index in [1.807, 2.05) is 6.92 Å². The molecule has 9 heteroatoms. The van der Waals surface area contributed by atoms with E-state index in [4.69, 9.17) is 16.1 Å². The van der Waals surface area contributed by atoms with E-state index in [1.54, 1.807) is 17.1 Å². The van der Waals surface area contributed by atoms with Crippen LogP contribution in [-0.4, -0.2) is 25.8 Å². The monoisotopic (exact) mass is 349 g/mol. The number of hydrogen-bond donors (Lipinski definition) is 1. The van der Waals surface area contributed by atoms with Crippen molar-refractivity contribution >= 4 is 17.5 Å². The molecule has 0 atom stereocenters. The quantitative estimate of drug-likeness (QED) is 0.765. The third-order valence-corrected chi connectivity index (χ3v) is 3.59. The van der Waals surface area contributed by atoms with Crippen LogP contribution in [0.2, 0.25) is 5.02 Å². The van der Waals surface area contributed by atoms with E-state index >= 15 is 0 Å². The molecule has 124 valence electrons. The zero-order chi connectivity index (χ0) is 17.1. The molecule has 7 nitrogen and oxygen atoms in total. The largest absolute Gasteiger partial charge is 0.343 e. The molecule has 0 radical (unpaired) electrons. The smallest absolute Gasteiger partial charge is 0.256 e. The zero-order valence-electron chi connectivity index (χ0n) is 12.7. The van der Waals surface area contributed by atoms with Gasteiger partial charge in [-0.05, 0) is 19.1 Å². The van der Waals surface area contributed by atoms with E-state index < -0.39 is 11.7 Å². The Morgan fingerprint density at radius 3 is 3.00 bits per heavy atom. The average molecular weight is 350 g/mol. The van der Waals surface area contributed by atoms with Crippen molar-refractivity contribution in [2.45, 2.75) is 20.0 Å². The molecule has 0 spiro atoms. The summed E-state index contributed by atoms with van der Waals surface area (Å²) >= 11 is 5.84. The first-order valence-electron chi connectivity index (χ1n) is 7.16. The molecule has 1 amide bonds. The SMILES string of the molecule is CCn1cc(-c2noc(CNC(=O)c3c(F)cccc3Cl)n2)cn1. The summed E-state index contributed by atoms with van der Waals surface area (Å²) < 4.78 is 20.5. The van der Waals surface area contributed by atoms with Crippen molar-refractivity contribution in [3.05, 3.63) is 52.9 Å². The highest BCUT2D eigenvalue weighted by atomic mass is 35.5. The predicted molar refractivity (Wildman–Crippen MR) is 83.8 cm³/mol. The third-order valence-electron chi connectivity index (χ3n) is 3.27. The van der Waals surface area contributed by atoms with Crippen molar-refractivity contribution in [3.63, 3.8) is 0 Å². The van der Waals surface area contributed by atoms with Gasteiger partial charge in [0.15, 0.2) is 0 Å². The summed E-state index contributed by atoms with van der Waals surface area (Å²) in [6, 6.07) is 4.03. The fraction of sp³-hybridized carbons (Fsp3) is 0.200. The Bertz CT molecular complexity index is 856. The molecule has 0 saturated carbocycles. The Balaban J connectivity index is 1.68. The molecular weight excluding hydrogens is 337 g/mol. The Labute approximate surface area is 141 Å². The number of amides is 1. The van der Waals surface area contributed by atoms with Crippen LogP contribution < -0.4 is 5.32 Å². The summed E-state index contributed by atoms with van der Waals surface area (Å²) in [6.07, 6.45) is 3.40. The van der Waals surface area contributed by atoms with Crippen molar-refractivity contribution in [1.82, 2.24) is 25.2 Å². The molecule has 0 aliphatic heterocycles. The molecule has 2 heterocycles. The maximum Gasteiger partial charge on any atom is 0.256 e. The van der Waals surface area contributed by atoms with Gasteiger partial charge in [0.05, 0.1) is 28.9 Å². The topological polar surface area (TPSA) is 85.8 Å². The molecule has 0 fully saturated rings. The average Bonchev–Trinajstić information content (AvgIpc) is 3.21. The Hall–Kier alpha value is -2.74. The summed E-state index contributed by atoms with van der Waals surface area (Å²) in [4.78, 5) is 16.2. The number of nitrogens with one attached hydrogen (secondary N) is 1. The van der Waals surface area contributed by atoms with Crippen LogP contribution >= 0.6 is 11.6 Å². The maximum atomic E-state index is 13.7.